The number of aromatic nitrogens is 1. The average Bonchev–Trinajstić information content (AvgIpc) is 2.97. The molecule has 0 aliphatic carbocycles. The molecule has 2 aromatic rings. The maximum atomic E-state index is 10.0. The average molecular weight is 278 g/mol. The van der Waals surface area contributed by atoms with Crippen LogP contribution in [0.1, 0.15) is 25.0 Å². The number of rotatable bonds is 7. The van der Waals surface area contributed by atoms with Gasteiger partial charge in [0.05, 0.1) is 12.7 Å². The topological polar surface area (TPSA) is 54.4 Å². The summed E-state index contributed by atoms with van der Waals surface area (Å²) < 4.78 is 5.60. The van der Waals surface area contributed by atoms with Crippen LogP contribution in [0.3, 0.4) is 0 Å². The Morgan fingerprint density at radius 2 is 2.37 bits per heavy atom. The van der Waals surface area contributed by atoms with Crippen molar-refractivity contribution in [2.75, 3.05) is 18.5 Å². The van der Waals surface area contributed by atoms with E-state index in [0.717, 1.165) is 17.7 Å². The third kappa shape index (κ3) is 3.94. The molecule has 1 unspecified atom stereocenters. The Morgan fingerprint density at radius 1 is 1.47 bits per heavy atom. The number of thiophene rings is 1. The van der Waals surface area contributed by atoms with E-state index in [-0.39, 0.29) is 0 Å². The van der Waals surface area contributed by atoms with E-state index < -0.39 is 6.10 Å². The highest BCUT2D eigenvalue weighted by atomic mass is 32.1. The van der Waals surface area contributed by atoms with Gasteiger partial charge in [-0.15, -0.1) is 0 Å². The maximum Gasteiger partial charge on any atom is 0.168 e. The fraction of sp³-hybridized carbons (Fsp3) is 0.357. The van der Waals surface area contributed by atoms with Crippen molar-refractivity contribution in [3.8, 4) is 5.75 Å². The minimum Gasteiger partial charge on any atom is -0.490 e. The highest BCUT2D eigenvalue weighted by Gasteiger charge is 2.10. The van der Waals surface area contributed by atoms with Gasteiger partial charge in [-0.3, -0.25) is 0 Å². The first kappa shape index (κ1) is 13.8. The normalized spacial score (nSPS) is 12.1. The van der Waals surface area contributed by atoms with Crippen LogP contribution in [0.15, 0.2) is 35.2 Å². The van der Waals surface area contributed by atoms with E-state index >= 15 is 0 Å². The number of aliphatic hydroxyl groups is 1. The van der Waals surface area contributed by atoms with E-state index in [9.17, 15) is 5.11 Å². The van der Waals surface area contributed by atoms with Gasteiger partial charge in [0.15, 0.2) is 11.6 Å². The molecule has 0 aromatic carbocycles. The van der Waals surface area contributed by atoms with Crippen molar-refractivity contribution in [1.29, 1.82) is 0 Å². The molecule has 2 aromatic heterocycles. The predicted molar refractivity (Wildman–Crippen MR) is 77.8 cm³/mol. The Kier molecular flexibility index (Phi) is 5.18. The van der Waals surface area contributed by atoms with Crippen LogP contribution >= 0.6 is 11.3 Å². The Morgan fingerprint density at radius 3 is 3.11 bits per heavy atom. The van der Waals surface area contributed by atoms with Gasteiger partial charge in [-0.05, 0) is 40.9 Å². The van der Waals surface area contributed by atoms with Gasteiger partial charge in [0.25, 0.3) is 0 Å². The summed E-state index contributed by atoms with van der Waals surface area (Å²) in [4.78, 5) is 4.24. The SMILES string of the molecule is CCCOc1cccnc1NCC(O)c1ccsc1. The molecule has 0 aliphatic rings. The number of hydrogen-bond acceptors (Lipinski definition) is 5. The Hall–Kier alpha value is -1.59. The van der Waals surface area contributed by atoms with Crippen LogP contribution < -0.4 is 10.1 Å². The second-order valence-corrected chi connectivity index (χ2v) is 4.93. The van der Waals surface area contributed by atoms with Gasteiger partial charge in [0, 0.05) is 12.7 Å². The second-order valence-electron chi connectivity index (χ2n) is 4.15. The van der Waals surface area contributed by atoms with E-state index in [2.05, 4.69) is 17.2 Å². The first-order valence-electron chi connectivity index (χ1n) is 6.33. The number of pyridine rings is 1. The third-order valence-electron chi connectivity index (χ3n) is 2.62. The molecule has 5 heteroatoms. The van der Waals surface area contributed by atoms with Crippen LogP contribution in [-0.4, -0.2) is 23.2 Å². The molecule has 19 heavy (non-hydrogen) atoms. The lowest BCUT2D eigenvalue weighted by molar-refractivity contribution is 0.192. The first-order valence-corrected chi connectivity index (χ1v) is 7.27. The van der Waals surface area contributed by atoms with Crippen LogP contribution in [-0.2, 0) is 0 Å². The van der Waals surface area contributed by atoms with Crippen molar-refractivity contribution in [3.63, 3.8) is 0 Å². The summed E-state index contributed by atoms with van der Waals surface area (Å²) in [6, 6.07) is 5.64. The molecule has 2 heterocycles. The van der Waals surface area contributed by atoms with Crippen LogP contribution in [0.2, 0.25) is 0 Å². The zero-order valence-electron chi connectivity index (χ0n) is 10.9. The van der Waals surface area contributed by atoms with Crippen LogP contribution in [0.4, 0.5) is 5.82 Å². The molecule has 0 saturated heterocycles. The Labute approximate surface area is 117 Å². The standard InChI is InChI=1S/C14H18N2O2S/c1-2-7-18-13-4-3-6-15-14(13)16-9-12(17)11-5-8-19-10-11/h3-6,8,10,12,17H,2,7,9H2,1H3,(H,15,16). The molecule has 102 valence electrons. The summed E-state index contributed by atoms with van der Waals surface area (Å²) in [7, 11) is 0. The molecule has 4 nitrogen and oxygen atoms in total. The van der Waals surface area contributed by atoms with Gasteiger partial charge in [-0.2, -0.15) is 11.3 Å². The quantitative estimate of drug-likeness (QED) is 0.817. The molecule has 0 radical (unpaired) electrons. The summed E-state index contributed by atoms with van der Waals surface area (Å²) in [6.07, 6.45) is 2.12. The van der Waals surface area contributed by atoms with Crippen LogP contribution in [0, 0.1) is 0 Å². The second kappa shape index (κ2) is 7.11. The fourth-order valence-corrected chi connectivity index (χ4v) is 2.33. The van der Waals surface area contributed by atoms with Gasteiger partial charge in [0.2, 0.25) is 0 Å². The van der Waals surface area contributed by atoms with E-state index in [1.54, 1.807) is 17.5 Å². The number of hydrogen-bond donors (Lipinski definition) is 2. The Bertz CT molecular complexity index is 488. The van der Waals surface area contributed by atoms with Crippen molar-refractivity contribution in [1.82, 2.24) is 4.98 Å². The molecule has 2 rings (SSSR count). The molecule has 0 spiro atoms. The number of anilines is 1. The predicted octanol–water partition coefficient (Wildman–Crippen LogP) is 3.08. The van der Waals surface area contributed by atoms with Crippen molar-refractivity contribution in [2.45, 2.75) is 19.4 Å². The minimum atomic E-state index is -0.535. The van der Waals surface area contributed by atoms with Gasteiger partial charge in [-0.1, -0.05) is 6.92 Å². The molecule has 2 N–H and O–H groups in total. The zero-order valence-corrected chi connectivity index (χ0v) is 11.7. The lowest BCUT2D eigenvalue weighted by Gasteiger charge is -2.14. The van der Waals surface area contributed by atoms with E-state index in [1.165, 1.54) is 0 Å². The summed E-state index contributed by atoms with van der Waals surface area (Å²) in [5.74, 6) is 1.40. The van der Waals surface area contributed by atoms with Gasteiger partial charge >= 0.3 is 0 Å². The van der Waals surface area contributed by atoms with Gasteiger partial charge in [0.1, 0.15) is 0 Å². The van der Waals surface area contributed by atoms with E-state index in [4.69, 9.17) is 4.74 Å². The molecule has 0 bridgehead atoms. The van der Waals surface area contributed by atoms with Crippen LogP contribution in [0.25, 0.3) is 0 Å². The number of nitrogens with zero attached hydrogens (tertiary/aromatic N) is 1. The molecular weight excluding hydrogens is 260 g/mol. The fourth-order valence-electron chi connectivity index (χ4n) is 1.63. The molecule has 0 saturated carbocycles. The summed E-state index contributed by atoms with van der Waals surface area (Å²) >= 11 is 1.58. The Balaban J connectivity index is 1.95. The van der Waals surface area contributed by atoms with Crippen molar-refractivity contribution < 1.29 is 9.84 Å². The largest absolute Gasteiger partial charge is 0.490 e. The molecule has 0 fully saturated rings. The molecular formula is C14H18N2O2S. The highest BCUT2D eigenvalue weighted by Crippen LogP contribution is 2.23. The maximum absolute atomic E-state index is 10.0. The summed E-state index contributed by atoms with van der Waals surface area (Å²) in [6.45, 7) is 3.13. The lowest BCUT2D eigenvalue weighted by Crippen LogP contribution is -2.13. The van der Waals surface area contributed by atoms with Gasteiger partial charge < -0.3 is 15.2 Å². The third-order valence-corrected chi connectivity index (χ3v) is 3.32. The number of aliphatic hydroxyl groups excluding tert-OH is 1. The first-order chi connectivity index (χ1) is 9.31. The lowest BCUT2D eigenvalue weighted by atomic mass is 10.2. The van der Waals surface area contributed by atoms with Crippen molar-refractivity contribution in [2.24, 2.45) is 0 Å². The smallest absolute Gasteiger partial charge is 0.168 e. The van der Waals surface area contributed by atoms with E-state index in [1.807, 2.05) is 29.0 Å². The minimum absolute atomic E-state index is 0.413. The van der Waals surface area contributed by atoms with Crippen LogP contribution in [0.5, 0.6) is 5.75 Å². The summed E-state index contributed by atoms with van der Waals surface area (Å²) in [5.41, 5.74) is 0.921. The molecule has 0 amide bonds. The number of ether oxygens (including phenoxy) is 1. The molecule has 0 aliphatic heterocycles. The highest BCUT2D eigenvalue weighted by molar-refractivity contribution is 7.07. The number of nitrogens with one attached hydrogen (secondary N) is 1. The monoisotopic (exact) mass is 278 g/mol. The van der Waals surface area contributed by atoms with Crippen molar-refractivity contribution >= 4 is 17.2 Å². The zero-order chi connectivity index (χ0) is 13.5. The molecule has 1 atom stereocenters. The summed E-state index contributed by atoms with van der Waals surface area (Å²) in [5, 5.41) is 17.0. The van der Waals surface area contributed by atoms with Gasteiger partial charge in [-0.25, -0.2) is 4.98 Å². The van der Waals surface area contributed by atoms with Crippen molar-refractivity contribution in [3.05, 3.63) is 40.7 Å². The van der Waals surface area contributed by atoms with E-state index in [0.29, 0.717) is 19.0 Å².